The van der Waals surface area contributed by atoms with Gasteiger partial charge in [0.1, 0.15) is 24.1 Å². The number of amides is 1. The molecule has 0 saturated carbocycles. The Labute approximate surface area is 259 Å². The second-order valence-electron chi connectivity index (χ2n) is 11.1. The number of hydrogen-bond donors (Lipinski definition) is 2. The molecule has 2 saturated heterocycles. The van der Waals surface area contributed by atoms with E-state index in [4.69, 9.17) is 28.4 Å². The second-order valence-corrected chi connectivity index (χ2v) is 11.1. The highest BCUT2D eigenvalue weighted by molar-refractivity contribution is 5.73. The summed E-state index contributed by atoms with van der Waals surface area (Å²) in [7, 11) is 3.00. The predicted molar refractivity (Wildman–Crippen MR) is 159 cm³/mol. The van der Waals surface area contributed by atoms with Crippen molar-refractivity contribution in [2.75, 3.05) is 27.4 Å². The van der Waals surface area contributed by atoms with Crippen molar-refractivity contribution < 1.29 is 47.9 Å². The van der Waals surface area contributed by atoms with Crippen molar-refractivity contribution in [2.45, 2.75) is 95.1 Å². The first-order valence-electron chi connectivity index (χ1n) is 15.3. The Balaban J connectivity index is 1.44. The van der Waals surface area contributed by atoms with Crippen LogP contribution in [0.25, 0.3) is 0 Å². The molecular formula is C33H45NO10. The third kappa shape index (κ3) is 9.23. The van der Waals surface area contributed by atoms with Gasteiger partial charge in [0.2, 0.25) is 17.9 Å². The zero-order valence-corrected chi connectivity index (χ0v) is 25.8. The lowest BCUT2D eigenvalue weighted by atomic mass is 9.91. The van der Waals surface area contributed by atoms with Crippen LogP contribution in [0.5, 0.6) is 5.75 Å². The van der Waals surface area contributed by atoms with Crippen LogP contribution in [0.15, 0.2) is 54.6 Å². The Kier molecular flexibility index (Phi) is 13.0. The molecule has 0 aliphatic carbocycles. The van der Waals surface area contributed by atoms with Crippen molar-refractivity contribution in [2.24, 2.45) is 0 Å². The number of methoxy groups -OCH3 is 2. The van der Waals surface area contributed by atoms with Crippen molar-refractivity contribution in [3.05, 3.63) is 65.7 Å². The molecule has 44 heavy (non-hydrogen) atoms. The van der Waals surface area contributed by atoms with Crippen molar-refractivity contribution in [1.29, 1.82) is 0 Å². The summed E-state index contributed by atoms with van der Waals surface area (Å²) in [6.07, 6.45) is 1.39. The number of fused-ring (bicyclic) bond motifs is 1. The van der Waals surface area contributed by atoms with E-state index in [2.05, 4.69) is 10.1 Å². The third-order valence-electron chi connectivity index (χ3n) is 7.76. The molecular weight excluding hydrogens is 570 g/mol. The molecule has 6 atom stereocenters. The van der Waals surface area contributed by atoms with E-state index in [1.165, 1.54) is 14.0 Å². The average molecular weight is 616 g/mol. The Hall–Kier alpha value is -3.06. The van der Waals surface area contributed by atoms with Crippen LogP contribution in [0.1, 0.15) is 69.3 Å². The number of carbonyl (C=O) groups is 2. The Bertz CT molecular complexity index is 1160. The van der Waals surface area contributed by atoms with E-state index >= 15 is 0 Å². The topological polar surface area (TPSA) is 131 Å². The molecule has 2 aromatic rings. The van der Waals surface area contributed by atoms with Crippen LogP contribution in [0.2, 0.25) is 0 Å². The van der Waals surface area contributed by atoms with Crippen LogP contribution in [-0.4, -0.2) is 74.7 Å². The van der Waals surface area contributed by atoms with E-state index in [0.29, 0.717) is 18.8 Å². The number of aliphatic hydroxyl groups is 1. The summed E-state index contributed by atoms with van der Waals surface area (Å²) in [5.41, 5.74) is -0.396. The Morgan fingerprint density at radius 2 is 1.64 bits per heavy atom. The number of hydrogen-bond acceptors (Lipinski definition) is 10. The van der Waals surface area contributed by atoms with Gasteiger partial charge in [0.05, 0.1) is 27.4 Å². The van der Waals surface area contributed by atoms with Crippen molar-refractivity contribution in [1.82, 2.24) is 5.32 Å². The second kappa shape index (κ2) is 16.9. The maximum Gasteiger partial charge on any atom is 0.305 e. The number of ether oxygens (including phenoxy) is 7. The fraction of sp³-hybridized carbons (Fsp3) is 0.576. The normalized spacial score (nSPS) is 26.4. The van der Waals surface area contributed by atoms with E-state index < -0.39 is 42.5 Å². The smallest absolute Gasteiger partial charge is 0.305 e. The molecule has 4 rings (SSSR count). The lowest BCUT2D eigenvalue weighted by Gasteiger charge is -2.52. The molecule has 1 unspecified atom stereocenters. The lowest BCUT2D eigenvalue weighted by molar-refractivity contribution is -0.397. The van der Waals surface area contributed by atoms with Crippen LogP contribution in [0, 0.1) is 0 Å². The molecule has 0 aromatic heterocycles. The van der Waals surface area contributed by atoms with Gasteiger partial charge in [-0.2, -0.15) is 0 Å². The molecule has 2 heterocycles. The van der Waals surface area contributed by atoms with E-state index in [9.17, 15) is 14.7 Å². The van der Waals surface area contributed by atoms with E-state index in [0.717, 1.165) is 49.7 Å². The number of benzene rings is 2. The third-order valence-corrected chi connectivity index (χ3v) is 7.76. The van der Waals surface area contributed by atoms with Crippen LogP contribution < -0.4 is 10.1 Å². The van der Waals surface area contributed by atoms with Gasteiger partial charge in [0, 0.05) is 25.5 Å². The average Bonchev–Trinajstić information content (AvgIpc) is 3.03. The highest BCUT2D eigenvalue weighted by Gasteiger charge is 2.60. The zero-order valence-electron chi connectivity index (χ0n) is 25.8. The molecule has 11 heteroatoms. The molecule has 0 radical (unpaired) electrons. The Morgan fingerprint density at radius 3 is 2.32 bits per heavy atom. The van der Waals surface area contributed by atoms with Crippen LogP contribution in [0.4, 0.5) is 0 Å². The summed E-state index contributed by atoms with van der Waals surface area (Å²) in [4.78, 5) is 23.7. The van der Waals surface area contributed by atoms with Gasteiger partial charge in [-0.15, -0.1) is 0 Å². The molecule has 2 aliphatic heterocycles. The Morgan fingerprint density at radius 1 is 0.932 bits per heavy atom. The first kappa shape index (κ1) is 33.8. The fourth-order valence-corrected chi connectivity index (χ4v) is 5.44. The van der Waals surface area contributed by atoms with Crippen molar-refractivity contribution >= 4 is 11.9 Å². The standard InChI is InChI=1S/C33H45NO10/c1-23(35)34-33(37)30(41-21-24-16-18-26(38-2)19-17-24)29-27(22-42-31(44-29)25-13-9-8-10-14-25)43-32(33)40-20-12-7-5-4-6-11-15-28(36)39-3/h8-10,13-14,16-19,27,29-32,37H,4-7,11-12,15,20-22H2,1-3H3,(H,34,35)/t27-,29-,30+,31?,32-,33-/m1/s1. The zero-order chi connectivity index (χ0) is 31.4. The molecule has 0 spiro atoms. The molecule has 242 valence electrons. The molecule has 2 aromatic carbocycles. The van der Waals surface area contributed by atoms with Gasteiger partial charge >= 0.3 is 5.97 Å². The quantitative estimate of drug-likeness (QED) is 0.161. The summed E-state index contributed by atoms with van der Waals surface area (Å²) in [6.45, 7) is 1.92. The minimum Gasteiger partial charge on any atom is -0.497 e. The van der Waals surface area contributed by atoms with Crippen LogP contribution in [0.3, 0.4) is 0 Å². The number of carbonyl (C=O) groups excluding carboxylic acids is 2. The summed E-state index contributed by atoms with van der Waals surface area (Å²) in [5.74, 6) is 0.0537. The molecule has 1 amide bonds. The lowest BCUT2D eigenvalue weighted by Crippen LogP contribution is -2.75. The summed E-state index contributed by atoms with van der Waals surface area (Å²) >= 11 is 0. The van der Waals surface area contributed by atoms with Gasteiger partial charge < -0.3 is 43.6 Å². The van der Waals surface area contributed by atoms with Gasteiger partial charge in [0.25, 0.3) is 0 Å². The highest BCUT2D eigenvalue weighted by Crippen LogP contribution is 2.39. The van der Waals surface area contributed by atoms with E-state index in [1.54, 1.807) is 7.11 Å². The molecule has 0 bridgehead atoms. The maximum absolute atomic E-state index is 12.4. The van der Waals surface area contributed by atoms with Gasteiger partial charge in [0.15, 0.2) is 6.29 Å². The molecule has 11 nitrogen and oxygen atoms in total. The highest BCUT2D eigenvalue weighted by atomic mass is 16.8. The van der Waals surface area contributed by atoms with Crippen LogP contribution in [-0.2, 0) is 44.6 Å². The van der Waals surface area contributed by atoms with Gasteiger partial charge in [-0.3, -0.25) is 9.59 Å². The van der Waals surface area contributed by atoms with E-state index in [1.807, 2.05) is 54.6 Å². The van der Waals surface area contributed by atoms with E-state index in [-0.39, 0.29) is 19.2 Å². The minimum atomic E-state index is -2.05. The molecule has 2 aliphatic rings. The summed E-state index contributed by atoms with van der Waals surface area (Å²) in [5, 5.41) is 14.7. The fourth-order valence-electron chi connectivity index (χ4n) is 5.44. The van der Waals surface area contributed by atoms with Crippen molar-refractivity contribution in [3.8, 4) is 5.75 Å². The number of rotatable bonds is 16. The largest absolute Gasteiger partial charge is 0.497 e. The predicted octanol–water partition coefficient (Wildman–Crippen LogP) is 4.16. The van der Waals surface area contributed by atoms with Gasteiger partial charge in [-0.05, 0) is 30.5 Å². The first-order valence-corrected chi connectivity index (χ1v) is 15.3. The number of nitrogens with one attached hydrogen (secondary N) is 1. The molecule has 2 fully saturated rings. The first-order chi connectivity index (χ1) is 21.3. The maximum atomic E-state index is 12.4. The minimum absolute atomic E-state index is 0.128. The SMILES string of the molecule is COC(=O)CCCCCCCCO[C@@H]1O[C@@H]2COC(c3ccccc3)O[C@H]2[C@H](OCc2ccc(OC)cc2)[C@]1(O)NC(C)=O. The number of esters is 1. The summed E-state index contributed by atoms with van der Waals surface area (Å²) < 4.78 is 41.0. The monoisotopic (exact) mass is 615 g/mol. The summed E-state index contributed by atoms with van der Waals surface area (Å²) in [6, 6.07) is 16.9. The van der Waals surface area contributed by atoms with Crippen molar-refractivity contribution in [3.63, 3.8) is 0 Å². The number of unbranched alkanes of at least 4 members (excludes halogenated alkanes) is 5. The van der Waals surface area contributed by atoms with Crippen LogP contribution >= 0.6 is 0 Å². The van der Waals surface area contributed by atoms with Gasteiger partial charge in [-0.25, -0.2) is 0 Å². The van der Waals surface area contributed by atoms with Gasteiger partial charge in [-0.1, -0.05) is 68.1 Å². The molecule has 2 N–H and O–H groups in total.